The van der Waals surface area contributed by atoms with Gasteiger partial charge >= 0.3 is 0 Å². The first-order chi connectivity index (χ1) is 10.7. The predicted molar refractivity (Wildman–Crippen MR) is 87.5 cm³/mol. The first-order valence-electron chi connectivity index (χ1n) is 7.47. The van der Waals surface area contributed by atoms with Crippen molar-refractivity contribution in [2.45, 2.75) is 20.0 Å². The molecule has 22 heavy (non-hydrogen) atoms. The van der Waals surface area contributed by atoms with Crippen molar-refractivity contribution in [3.63, 3.8) is 0 Å². The number of halogens is 1. The van der Waals surface area contributed by atoms with Gasteiger partial charge in [-0.05, 0) is 43.2 Å². The average Bonchev–Trinajstić information content (AvgIpc) is 2.55. The van der Waals surface area contributed by atoms with Gasteiger partial charge in [0.1, 0.15) is 12.4 Å². The summed E-state index contributed by atoms with van der Waals surface area (Å²) in [7, 11) is 0. The lowest BCUT2D eigenvalue weighted by molar-refractivity contribution is 0.0747. The van der Waals surface area contributed by atoms with E-state index in [4.69, 9.17) is 16.3 Å². The average molecular weight is 316 g/mol. The molecule has 1 aliphatic rings. The molecule has 0 radical (unpaired) electrons. The number of hydrogen-bond acceptors (Lipinski definition) is 2. The summed E-state index contributed by atoms with van der Waals surface area (Å²) < 4.78 is 5.93. The highest BCUT2D eigenvalue weighted by molar-refractivity contribution is 6.30. The van der Waals surface area contributed by atoms with Crippen LogP contribution in [0.1, 0.15) is 28.4 Å². The number of ether oxygens (including phenoxy) is 1. The number of likely N-dealkylation sites (N-methyl/N-ethyl adjacent to an activating group) is 1. The van der Waals surface area contributed by atoms with E-state index in [2.05, 4.69) is 0 Å². The summed E-state index contributed by atoms with van der Waals surface area (Å²) in [5.74, 6) is 0.900. The minimum absolute atomic E-state index is 0.0979. The summed E-state index contributed by atoms with van der Waals surface area (Å²) in [6, 6.07) is 13.3. The van der Waals surface area contributed by atoms with Crippen LogP contribution in [0.4, 0.5) is 0 Å². The van der Waals surface area contributed by atoms with Crippen LogP contribution in [0.15, 0.2) is 42.5 Å². The molecule has 0 aliphatic carbocycles. The van der Waals surface area contributed by atoms with Crippen molar-refractivity contribution in [1.82, 2.24) is 4.90 Å². The standard InChI is InChI=1S/C18H18ClNO2/c1-2-20-11-10-15-16(18(20)21)4-3-5-17(15)22-12-13-6-8-14(19)9-7-13/h3-9H,2,10-12H2,1H3. The summed E-state index contributed by atoms with van der Waals surface area (Å²) in [4.78, 5) is 14.2. The van der Waals surface area contributed by atoms with E-state index in [-0.39, 0.29) is 5.91 Å². The maximum Gasteiger partial charge on any atom is 0.254 e. The number of fused-ring (bicyclic) bond motifs is 1. The van der Waals surface area contributed by atoms with Crippen LogP contribution in [0.25, 0.3) is 0 Å². The first-order valence-corrected chi connectivity index (χ1v) is 7.85. The molecular formula is C18H18ClNO2. The second kappa shape index (κ2) is 6.41. The van der Waals surface area contributed by atoms with Gasteiger partial charge in [0.05, 0.1) is 0 Å². The second-order valence-electron chi connectivity index (χ2n) is 5.33. The third-order valence-corrected chi connectivity index (χ3v) is 4.22. The van der Waals surface area contributed by atoms with Crippen LogP contribution < -0.4 is 4.74 Å². The van der Waals surface area contributed by atoms with Crippen LogP contribution in [-0.4, -0.2) is 23.9 Å². The molecule has 1 aliphatic heterocycles. The highest BCUT2D eigenvalue weighted by Gasteiger charge is 2.25. The fourth-order valence-corrected chi connectivity index (χ4v) is 2.85. The summed E-state index contributed by atoms with van der Waals surface area (Å²) >= 11 is 5.88. The molecule has 0 aromatic heterocycles. The molecule has 3 nitrogen and oxygen atoms in total. The zero-order valence-corrected chi connectivity index (χ0v) is 13.3. The summed E-state index contributed by atoms with van der Waals surface area (Å²) in [6.45, 7) is 3.97. The van der Waals surface area contributed by atoms with Crippen LogP contribution in [0.5, 0.6) is 5.75 Å². The van der Waals surface area contributed by atoms with Crippen LogP contribution in [0.3, 0.4) is 0 Å². The maximum absolute atomic E-state index is 12.4. The van der Waals surface area contributed by atoms with Crippen molar-refractivity contribution in [3.8, 4) is 5.75 Å². The fraction of sp³-hybridized carbons (Fsp3) is 0.278. The van der Waals surface area contributed by atoms with E-state index in [9.17, 15) is 4.79 Å². The van der Waals surface area contributed by atoms with Gasteiger partial charge in [0, 0.05) is 29.2 Å². The van der Waals surface area contributed by atoms with E-state index in [1.54, 1.807) is 0 Å². The lowest BCUT2D eigenvalue weighted by Crippen LogP contribution is -2.37. The Morgan fingerprint density at radius 3 is 2.68 bits per heavy atom. The maximum atomic E-state index is 12.4. The molecule has 1 amide bonds. The molecule has 0 fully saturated rings. The summed E-state index contributed by atoms with van der Waals surface area (Å²) in [5, 5.41) is 0.714. The van der Waals surface area contributed by atoms with Crippen molar-refractivity contribution in [3.05, 3.63) is 64.2 Å². The van der Waals surface area contributed by atoms with Crippen LogP contribution >= 0.6 is 11.6 Å². The third kappa shape index (κ3) is 2.95. The Bertz CT molecular complexity index is 682. The molecule has 0 saturated heterocycles. The lowest BCUT2D eigenvalue weighted by Gasteiger charge is -2.28. The molecular weight excluding hydrogens is 298 g/mol. The van der Waals surface area contributed by atoms with E-state index in [0.29, 0.717) is 11.6 Å². The Labute approximate surface area is 135 Å². The Hall–Kier alpha value is -2.00. The molecule has 2 aromatic carbocycles. The Balaban J connectivity index is 1.79. The Morgan fingerprint density at radius 1 is 1.18 bits per heavy atom. The largest absolute Gasteiger partial charge is 0.489 e. The molecule has 1 heterocycles. The van der Waals surface area contributed by atoms with E-state index < -0.39 is 0 Å². The van der Waals surface area contributed by atoms with Gasteiger partial charge in [-0.15, -0.1) is 0 Å². The third-order valence-electron chi connectivity index (χ3n) is 3.97. The Morgan fingerprint density at radius 2 is 1.95 bits per heavy atom. The predicted octanol–water partition coefficient (Wildman–Crippen LogP) is 3.94. The molecule has 0 saturated carbocycles. The SMILES string of the molecule is CCN1CCc2c(OCc3ccc(Cl)cc3)cccc2C1=O. The van der Waals surface area contributed by atoms with Gasteiger partial charge < -0.3 is 9.64 Å². The van der Waals surface area contributed by atoms with E-state index in [0.717, 1.165) is 42.0 Å². The Kier molecular flexibility index (Phi) is 4.34. The molecule has 2 aromatic rings. The van der Waals surface area contributed by atoms with Crippen LogP contribution in [0, 0.1) is 0 Å². The van der Waals surface area contributed by atoms with Gasteiger partial charge in [0.25, 0.3) is 5.91 Å². The molecule has 0 unspecified atom stereocenters. The number of rotatable bonds is 4. The van der Waals surface area contributed by atoms with Crippen molar-refractivity contribution in [2.24, 2.45) is 0 Å². The molecule has 4 heteroatoms. The number of carbonyl (C=O) groups excluding carboxylic acids is 1. The van der Waals surface area contributed by atoms with Gasteiger partial charge in [-0.1, -0.05) is 29.8 Å². The van der Waals surface area contributed by atoms with E-state index in [1.807, 2.05) is 54.3 Å². The molecule has 0 spiro atoms. The van der Waals surface area contributed by atoms with Crippen molar-refractivity contribution in [1.29, 1.82) is 0 Å². The van der Waals surface area contributed by atoms with Crippen LogP contribution in [-0.2, 0) is 13.0 Å². The monoisotopic (exact) mass is 315 g/mol. The number of hydrogen-bond donors (Lipinski definition) is 0. The fourth-order valence-electron chi connectivity index (χ4n) is 2.72. The quantitative estimate of drug-likeness (QED) is 0.855. The van der Waals surface area contributed by atoms with E-state index >= 15 is 0 Å². The smallest absolute Gasteiger partial charge is 0.254 e. The van der Waals surface area contributed by atoms with Crippen LogP contribution in [0.2, 0.25) is 5.02 Å². The minimum Gasteiger partial charge on any atom is -0.489 e. The van der Waals surface area contributed by atoms with Gasteiger partial charge in [-0.3, -0.25) is 4.79 Å². The molecule has 0 N–H and O–H groups in total. The highest BCUT2D eigenvalue weighted by atomic mass is 35.5. The molecule has 0 atom stereocenters. The lowest BCUT2D eigenvalue weighted by atomic mass is 9.98. The minimum atomic E-state index is 0.0979. The summed E-state index contributed by atoms with van der Waals surface area (Å²) in [6.07, 6.45) is 0.839. The molecule has 3 rings (SSSR count). The molecule has 114 valence electrons. The van der Waals surface area contributed by atoms with Gasteiger partial charge in [0.2, 0.25) is 0 Å². The van der Waals surface area contributed by atoms with Crippen molar-refractivity contribution < 1.29 is 9.53 Å². The molecule has 0 bridgehead atoms. The summed E-state index contributed by atoms with van der Waals surface area (Å²) in [5.41, 5.74) is 2.84. The topological polar surface area (TPSA) is 29.5 Å². The normalized spacial score (nSPS) is 13.9. The number of nitrogens with zero attached hydrogens (tertiary/aromatic N) is 1. The van der Waals surface area contributed by atoms with E-state index in [1.165, 1.54) is 0 Å². The van der Waals surface area contributed by atoms with Crippen molar-refractivity contribution in [2.75, 3.05) is 13.1 Å². The number of carbonyl (C=O) groups is 1. The van der Waals surface area contributed by atoms with Gasteiger partial charge in [-0.25, -0.2) is 0 Å². The van der Waals surface area contributed by atoms with Crippen molar-refractivity contribution >= 4 is 17.5 Å². The first kappa shape index (κ1) is 14.9. The zero-order chi connectivity index (χ0) is 15.5. The number of amides is 1. The van der Waals surface area contributed by atoms with Gasteiger partial charge in [0.15, 0.2) is 0 Å². The second-order valence-corrected chi connectivity index (χ2v) is 5.77. The number of benzene rings is 2. The highest BCUT2D eigenvalue weighted by Crippen LogP contribution is 2.28. The zero-order valence-electron chi connectivity index (χ0n) is 12.5. The van der Waals surface area contributed by atoms with Gasteiger partial charge in [-0.2, -0.15) is 0 Å².